The van der Waals surface area contributed by atoms with Gasteiger partial charge >= 0.3 is 0 Å². The van der Waals surface area contributed by atoms with Crippen molar-refractivity contribution >= 4 is 0 Å². The average molecular weight is 156 g/mol. The first-order chi connectivity index (χ1) is 5.20. The van der Waals surface area contributed by atoms with E-state index in [1.54, 1.807) is 0 Å². The molecule has 2 N–H and O–H groups in total. The van der Waals surface area contributed by atoms with Crippen molar-refractivity contribution in [2.45, 2.75) is 38.6 Å². The Labute approximate surface area is 69.8 Å². The van der Waals surface area contributed by atoms with Crippen LogP contribution >= 0.6 is 0 Å². The molecule has 11 heavy (non-hydrogen) atoms. The number of unbranched alkanes of at least 4 members (excludes halogenated alkanes) is 1. The Morgan fingerprint density at radius 2 is 2.00 bits per heavy atom. The molecule has 1 fully saturated rings. The Morgan fingerprint density at radius 1 is 1.36 bits per heavy atom. The molecule has 0 aromatic heterocycles. The minimum absolute atomic E-state index is 0.160. The molecule has 0 aromatic carbocycles. The fourth-order valence-electron chi connectivity index (χ4n) is 1.61. The van der Waals surface area contributed by atoms with E-state index in [0.717, 1.165) is 19.5 Å². The van der Waals surface area contributed by atoms with E-state index in [0.29, 0.717) is 0 Å². The van der Waals surface area contributed by atoms with Crippen LogP contribution in [0, 0.1) is 0 Å². The lowest BCUT2D eigenvalue weighted by Gasteiger charge is -2.47. The van der Waals surface area contributed by atoms with Crippen molar-refractivity contribution < 1.29 is 0 Å². The smallest absolute Gasteiger partial charge is 0.0409 e. The van der Waals surface area contributed by atoms with Crippen molar-refractivity contribution in [1.82, 2.24) is 4.90 Å². The third-order valence-electron chi connectivity index (χ3n) is 2.61. The quantitative estimate of drug-likeness (QED) is 0.663. The summed E-state index contributed by atoms with van der Waals surface area (Å²) in [6.07, 6.45) is 3.73. The number of nitrogens with zero attached hydrogens (tertiary/aromatic N) is 1. The average Bonchev–Trinajstić information content (AvgIpc) is 1.96. The van der Waals surface area contributed by atoms with Gasteiger partial charge in [-0.05, 0) is 19.4 Å². The van der Waals surface area contributed by atoms with E-state index in [-0.39, 0.29) is 5.54 Å². The minimum Gasteiger partial charge on any atom is -0.323 e. The van der Waals surface area contributed by atoms with Gasteiger partial charge in [0.1, 0.15) is 0 Å². The van der Waals surface area contributed by atoms with Gasteiger partial charge in [0.05, 0.1) is 0 Å². The summed E-state index contributed by atoms with van der Waals surface area (Å²) in [5.41, 5.74) is 6.18. The van der Waals surface area contributed by atoms with Crippen LogP contribution in [0.2, 0.25) is 0 Å². The zero-order valence-corrected chi connectivity index (χ0v) is 7.77. The Kier molecular flexibility index (Phi) is 2.90. The number of likely N-dealkylation sites (tertiary alicyclic amines) is 1. The van der Waals surface area contributed by atoms with Crippen molar-refractivity contribution in [2.75, 3.05) is 19.6 Å². The van der Waals surface area contributed by atoms with Gasteiger partial charge in [0.25, 0.3) is 0 Å². The topological polar surface area (TPSA) is 29.3 Å². The molecule has 1 saturated heterocycles. The normalized spacial score (nSPS) is 23.2. The molecule has 1 aliphatic rings. The van der Waals surface area contributed by atoms with Crippen LogP contribution in [0.15, 0.2) is 0 Å². The maximum Gasteiger partial charge on any atom is 0.0409 e. The van der Waals surface area contributed by atoms with Crippen molar-refractivity contribution in [3.8, 4) is 0 Å². The van der Waals surface area contributed by atoms with E-state index in [4.69, 9.17) is 5.73 Å². The van der Waals surface area contributed by atoms with Gasteiger partial charge in [-0.2, -0.15) is 0 Å². The molecule has 0 aliphatic carbocycles. The summed E-state index contributed by atoms with van der Waals surface area (Å²) in [6, 6.07) is 0. The van der Waals surface area contributed by atoms with Crippen LogP contribution in [-0.2, 0) is 0 Å². The Hall–Kier alpha value is -0.0800. The number of rotatable bonds is 4. The maximum atomic E-state index is 6.02. The van der Waals surface area contributed by atoms with E-state index in [2.05, 4.69) is 18.7 Å². The zero-order chi connectivity index (χ0) is 8.32. The van der Waals surface area contributed by atoms with E-state index in [9.17, 15) is 0 Å². The lowest BCUT2D eigenvalue weighted by molar-refractivity contribution is 0.0668. The third-order valence-corrected chi connectivity index (χ3v) is 2.61. The van der Waals surface area contributed by atoms with Gasteiger partial charge in [-0.25, -0.2) is 0 Å². The van der Waals surface area contributed by atoms with Crippen LogP contribution in [0.3, 0.4) is 0 Å². The van der Waals surface area contributed by atoms with Gasteiger partial charge in [0.15, 0.2) is 0 Å². The van der Waals surface area contributed by atoms with E-state index < -0.39 is 0 Å². The Morgan fingerprint density at radius 3 is 2.45 bits per heavy atom. The molecule has 0 atom stereocenters. The van der Waals surface area contributed by atoms with Crippen LogP contribution < -0.4 is 5.73 Å². The van der Waals surface area contributed by atoms with Crippen molar-refractivity contribution in [3.63, 3.8) is 0 Å². The van der Waals surface area contributed by atoms with Crippen LogP contribution in [0.4, 0.5) is 0 Å². The number of hydrogen-bond acceptors (Lipinski definition) is 2. The molecule has 66 valence electrons. The third kappa shape index (κ3) is 2.17. The second kappa shape index (κ2) is 3.55. The van der Waals surface area contributed by atoms with Gasteiger partial charge in [-0.3, -0.25) is 4.90 Å². The predicted molar refractivity (Wildman–Crippen MR) is 48.6 cm³/mol. The molecule has 1 heterocycles. The molecule has 0 amide bonds. The highest BCUT2D eigenvalue weighted by Gasteiger charge is 2.36. The monoisotopic (exact) mass is 156 g/mol. The molecular formula is C9H20N2. The molecule has 1 aliphatic heterocycles. The summed E-state index contributed by atoms with van der Waals surface area (Å²) in [5, 5.41) is 0. The predicted octanol–water partition coefficient (Wildman–Crippen LogP) is 1.21. The summed E-state index contributed by atoms with van der Waals surface area (Å²) in [5.74, 6) is 0. The molecule has 0 aromatic rings. The fourth-order valence-corrected chi connectivity index (χ4v) is 1.61. The van der Waals surface area contributed by atoms with Gasteiger partial charge in [0, 0.05) is 18.6 Å². The van der Waals surface area contributed by atoms with Crippen LogP contribution in [0.1, 0.15) is 33.1 Å². The van der Waals surface area contributed by atoms with Gasteiger partial charge < -0.3 is 5.73 Å². The first-order valence-electron chi connectivity index (χ1n) is 4.71. The fraction of sp³-hybridized carbons (Fsp3) is 1.00. The van der Waals surface area contributed by atoms with Crippen molar-refractivity contribution in [2.24, 2.45) is 5.73 Å². The second-order valence-corrected chi connectivity index (χ2v) is 3.78. The largest absolute Gasteiger partial charge is 0.323 e. The molecule has 2 heteroatoms. The highest BCUT2D eigenvalue weighted by atomic mass is 15.2. The standard InChI is InChI=1S/C9H20N2/c1-3-5-6-11-7-9(10,4-2)8-11/h3-8,10H2,1-2H3. The minimum atomic E-state index is 0.160. The first-order valence-corrected chi connectivity index (χ1v) is 4.71. The highest BCUT2D eigenvalue weighted by molar-refractivity contribution is 4.98. The lowest BCUT2D eigenvalue weighted by Crippen LogP contribution is -2.66. The maximum absolute atomic E-state index is 6.02. The molecule has 0 radical (unpaired) electrons. The highest BCUT2D eigenvalue weighted by Crippen LogP contribution is 2.21. The van der Waals surface area contributed by atoms with E-state index >= 15 is 0 Å². The number of nitrogens with two attached hydrogens (primary N) is 1. The van der Waals surface area contributed by atoms with Crippen molar-refractivity contribution in [1.29, 1.82) is 0 Å². The molecule has 0 unspecified atom stereocenters. The van der Waals surface area contributed by atoms with Gasteiger partial charge in [-0.15, -0.1) is 0 Å². The lowest BCUT2D eigenvalue weighted by atomic mass is 9.88. The molecule has 0 bridgehead atoms. The summed E-state index contributed by atoms with van der Waals surface area (Å²) in [7, 11) is 0. The molecule has 0 spiro atoms. The van der Waals surface area contributed by atoms with Crippen LogP contribution in [-0.4, -0.2) is 30.1 Å². The summed E-state index contributed by atoms with van der Waals surface area (Å²) in [6.45, 7) is 7.88. The SMILES string of the molecule is CCCCN1CC(N)(CC)C1. The number of hydrogen-bond donors (Lipinski definition) is 1. The molecular weight excluding hydrogens is 136 g/mol. The van der Waals surface area contributed by atoms with E-state index in [1.165, 1.54) is 19.4 Å². The second-order valence-electron chi connectivity index (χ2n) is 3.78. The van der Waals surface area contributed by atoms with Crippen LogP contribution in [0.25, 0.3) is 0 Å². The Balaban J connectivity index is 2.08. The van der Waals surface area contributed by atoms with Crippen LogP contribution in [0.5, 0.6) is 0 Å². The molecule has 1 rings (SSSR count). The van der Waals surface area contributed by atoms with E-state index in [1.807, 2.05) is 0 Å². The summed E-state index contributed by atoms with van der Waals surface area (Å²) in [4.78, 5) is 2.45. The summed E-state index contributed by atoms with van der Waals surface area (Å²) < 4.78 is 0. The summed E-state index contributed by atoms with van der Waals surface area (Å²) >= 11 is 0. The van der Waals surface area contributed by atoms with Gasteiger partial charge in [-0.1, -0.05) is 20.3 Å². The molecule has 2 nitrogen and oxygen atoms in total. The van der Waals surface area contributed by atoms with Crippen molar-refractivity contribution in [3.05, 3.63) is 0 Å². The Bertz CT molecular complexity index is 117. The van der Waals surface area contributed by atoms with Gasteiger partial charge in [0.2, 0.25) is 0 Å². The first kappa shape index (κ1) is 9.01. The molecule has 0 saturated carbocycles. The zero-order valence-electron chi connectivity index (χ0n) is 7.77.